The number of nitrogens with zero attached hydrogens (tertiary/aromatic N) is 1. The SMILES string of the molecule is CN(C(=O)CSc1ccccc1)C(CN)C1CC1. The van der Waals surface area contributed by atoms with Crippen molar-refractivity contribution in [1.29, 1.82) is 0 Å². The molecule has 1 saturated carbocycles. The number of carbonyl (C=O) groups excluding carboxylic acids is 1. The van der Waals surface area contributed by atoms with Crippen LogP contribution in [0.3, 0.4) is 0 Å². The van der Waals surface area contributed by atoms with Gasteiger partial charge in [-0.25, -0.2) is 0 Å². The number of carbonyl (C=O) groups is 1. The molecule has 1 aliphatic rings. The topological polar surface area (TPSA) is 46.3 Å². The second-order valence-corrected chi connectivity index (χ2v) is 5.80. The van der Waals surface area contributed by atoms with Crippen LogP contribution < -0.4 is 5.73 Å². The first-order valence-electron chi connectivity index (χ1n) is 6.36. The van der Waals surface area contributed by atoms with Crippen molar-refractivity contribution >= 4 is 17.7 Å². The Morgan fingerprint density at radius 1 is 1.44 bits per heavy atom. The third kappa shape index (κ3) is 3.50. The molecule has 1 aromatic rings. The number of thioether (sulfide) groups is 1. The van der Waals surface area contributed by atoms with Gasteiger partial charge in [0.1, 0.15) is 0 Å². The number of rotatable bonds is 6. The van der Waals surface area contributed by atoms with Crippen molar-refractivity contribution < 1.29 is 4.79 Å². The lowest BCUT2D eigenvalue weighted by atomic mass is 10.1. The predicted octanol–water partition coefficient (Wildman–Crippen LogP) is 1.97. The Bertz CT molecular complexity index is 392. The molecule has 2 rings (SSSR count). The van der Waals surface area contributed by atoms with E-state index in [0.29, 0.717) is 18.2 Å². The molecule has 2 N–H and O–H groups in total. The summed E-state index contributed by atoms with van der Waals surface area (Å²) in [5.74, 6) is 1.29. The summed E-state index contributed by atoms with van der Waals surface area (Å²) in [7, 11) is 1.88. The van der Waals surface area contributed by atoms with Gasteiger partial charge in [0.2, 0.25) is 5.91 Å². The molecule has 4 heteroatoms. The van der Waals surface area contributed by atoms with Gasteiger partial charge in [-0.3, -0.25) is 4.79 Å². The van der Waals surface area contributed by atoms with Crippen molar-refractivity contribution in [1.82, 2.24) is 4.90 Å². The molecule has 3 nitrogen and oxygen atoms in total. The van der Waals surface area contributed by atoms with Crippen molar-refractivity contribution in [3.63, 3.8) is 0 Å². The molecular weight excluding hydrogens is 244 g/mol. The van der Waals surface area contributed by atoms with Gasteiger partial charge >= 0.3 is 0 Å². The molecule has 0 heterocycles. The summed E-state index contributed by atoms with van der Waals surface area (Å²) in [6.45, 7) is 0.572. The largest absolute Gasteiger partial charge is 0.341 e. The van der Waals surface area contributed by atoms with Crippen LogP contribution in [-0.4, -0.2) is 36.2 Å². The van der Waals surface area contributed by atoms with Crippen LogP contribution in [0, 0.1) is 5.92 Å². The molecular formula is C14H20N2OS. The zero-order valence-corrected chi connectivity index (χ0v) is 11.5. The van der Waals surface area contributed by atoms with E-state index in [1.54, 1.807) is 11.8 Å². The number of hydrogen-bond donors (Lipinski definition) is 1. The van der Waals surface area contributed by atoms with E-state index in [-0.39, 0.29) is 11.9 Å². The smallest absolute Gasteiger partial charge is 0.232 e. The molecule has 1 atom stereocenters. The van der Waals surface area contributed by atoms with Crippen molar-refractivity contribution in [2.45, 2.75) is 23.8 Å². The van der Waals surface area contributed by atoms with Gasteiger partial charge < -0.3 is 10.6 Å². The summed E-state index contributed by atoms with van der Waals surface area (Å²) >= 11 is 1.58. The van der Waals surface area contributed by atoms with E-state index in [0.717, 1.165) is 4.90 Å². The van der Waals surface area contributed by atoms with Gasteiger partial charge in [0.15, 0.2) is 0 Å². The lowest BCUT2D eigenvalue weighted by molar-refractivity contribution is -0.129. The van der Waals surface area contributed by atoms with E-state index in [1.165, 1.54) is 12.8 Å². The van der Waals surface area contributed by atoms with Crippen LogP contribution in [0.15, 0.2) is 35.2 Å². The molecule has 0 saturated heterocycles. The van der Waals surface area contributed by atoms with Gasteiger partial charge in [-0.2, -0.15) is 0 Å². The highest BCUT2D eigenvalue weighted by molar-refractivity contribution is 8.00. The Labute approximate surface area is 113 Å². The highest BCUT2D eigenvalue weighted by atomic mass is 32.2. The normalized spacial score (nSPS) is 16.3. The van der Waals surface area contributed by atoms with E-state index in [9.17, 15) is 4.79 Å². The van der Waals surface area contributed by atoms with Crippen molar-refractivity contribution in [2.75, 3.05) is 19.3 Å². The average molecular weight is 264 g/mol. The lowest BCUT2D eigenvalue weighted by Gasteiger charge is -2.27. The lowest BCUT2D eigenvalue weighted by Crippen LogP contribution is -2.44. The average Bonchev–Trinajstić information content (AvgIpc) is 3.22. The summed E-state index contributed by atoms with van der Waals surface area (Å²) in [6.07, 6.45) is 2.43. The molecule has 1 fully saturated rings. The second kappa shape index (κ2) is 6.25. The Balaban J connectivity index is 1.83. The Kier molecular flexibility index (Phi) is 4.66. The van der Waals surface area contributed by atoms with Crippen LogP contribution in [0.5, 0.6) is 0 Å². The zero-order valence-electron chi connectivity index (χ0n) is 10.7. The fourth-order valence-corrected chi connectivity index (χ4v) is 2.94. The molecule has 0 bridgehead atoms. The molecule has 0 aromatic heterocycles. The maximum Gasteiger partial charge on any atom is 0.232 e. The third-order valence-corrected chi connectivity index (χ3v) is 4.40. The first-order chi connectivity index (χ1) is 8.72. The Morgan fingerprint density at radius 2 is 2.11 bits per heavy atom. The van der Waals surface area contributed by atoms with Gasteiger partial charge in [0.05, 0.1) is 5.75 Å². The van der Waals surface area contributed by atoms with E-state index >= 15 is 0 Å². The number of amides is 1. The van der Waals surface area contributed by atoms with Crippen LogP contribution in [-0.2, 0) is 4.79 Å². The van der Waals surface area contributed by atoms with E-state index < -0.39 is 0 Å². The van der Waals surface area contributed by atoms with Gasteiger partial charge in [-0.05, 0) is 30.9 Å². The summed E-state index contributed by atoms with van der Waals surface area (Å²) < 4.78 is 0. The Morgan fingerprint density at radius 3 is 2.67 bits per heavy atom. The third-order valence-electron chi connectivity index (χ3n) is 3.40. The van der Waals surface area contributed by atoms with Crippen molar-refractivity contribution in [3.05, 3.63) is 30.3 Å². The molecule has 1 aromatic carbocycles. The molecule has 0 radical (unpaired) electrons. The minimum atomic E-state index is 0.172. The van der Waals surface area contributed by atoms with Crippen LogP contribution >= 0.6 is 11.8 Å². The minimum Gasteiger partial charge on any atom is -0.341 e. The molecule has 98 valence electrons. The van der Waals surface area contributed by atoms with Crippen molar-refractivity contribution in [3.8, 4) is 0 Å². The molecule has 0 aliphatic heterocycles. The maximum absolute atomic E-state index is 12.1. The number of benzene rings is 1. The van der Waals surface area contributed by atoms with Crippen molar-refractivity contribution in [2.24, 2.45) is 11.7 Å². The van der Waals surface area contributed by atoms with Gasteiger partial charge in [0, 0.05) is 24.5 Å². The minimum absolute atomic E-state index is 0.172. The van der Waals surface area contributed by atoms with Gasteiger partial charge in [-0.15, -0.1) is 11.8 Å². The second-order valence-electron chi connectivity index (χ2n) is 4.75. The molecule has 18 heavy (non-hydrogen) atoms. The fraction of sp³-hybridized carbons (Fsp3) is 0.500. The van der Waals surface area contributed by atoms with Crippen LogP contribution in [0.4, 0.5) is 0 Å². The summed E-state index contributed by atoms with van der Waals surface area (Å²) in [5.41, 5.74) is 5.76. The maximum atomic E-state index is 12.1. The van der Waals surface area contributed by atoms with E-state index in [4.69, 9.17) is 5.73 Å². The summed E-state index contributed by atoms with van der Waals surface area (Å²) in [6, 6.07) is 10.2. The highest BCUT2D eigenvalue weighted by Gasteiger charge is 2.34. The number of nitrogens with two attached hydrogens (primary N) is 1. The first kappa shape index (κ1) is 13.4. The Hall–Kier alpha value is -1.00. The van der Waals surface area contributed by atoms with Crippen LogP contribution in [0.1, 0.15) is 12.8 Å². The highest BCUT2D eigenvalue weighted by Crippen LogP contribution is 2.34. The molecule has 1 aliphatic carbocycles. The summed E-state index contributed by atoms with van der Waals surface area (Å²) in [5, 5.41) is 0. The molecule has 0 spiro atoms. The zero-order chi connectivity index (χ0) is 13.0. The first-order valence-corrected chi connectivity index (χ1v) is 7.34. The fourth-order valence-electron chi connectivity index (χ4n) is 2.10. The van der Waals surface area contributed by atoms with Gasteiger partial charge in [0.25, 0.3) is 0 Å². The summed E-state index contributed by atoms with van der Waals surface area (Å²) in [4.78, 5) is 15.1. The number of likely N-dealkylation sites (N-methyl/N-ethyl adjacent to an activating group) is 1. The predicted molar refractivity (Wildman–Crippen MR) is 75.5 cm³/mol. The molecule has 1 unspecified atom stereocenters. The standard InChI is InChI=1S/C14H20N2OS/c1-16(13(9-15)11-7-8-11)14(17)10-18-12-5-3-2-4-6-12/h2-6,11,13H,7-10,15H2,1H3. The van der Waals surface area contributed by atoms with Crippen LogP contribution in [0.2, 0.25) is 0 Å². The number of hydrogen-bond acceptors (Lipinski definition) is 3. The van der Waals surface area contributed by atoms with Crippen LogP contribution in [0.25, 0.3) is 0 Å². The molecule has 1 amide bonds. The monoisotopic (exact) mass is 264 g/mol. The van der Waals surface area contributed by atoms with E-state index in [2.05, 4.69) is 0 Å². The quantitative estimate of drug-likeness (QED) is 0.799. The van der Waals surface area contributed by atoms with Gasteiger partial charge in [-0.1, -0.05) is 18.2 Å². The van der Waals surface area contributed by atoms with E-state index in [1.807, 2.05) is 42.3 Å².